The molecule has 0 aliphatic heterocycles. The van der Waals surface area contributed by atoms with Crippen LogP contribution in [0.3, 0.4) is 0 Å². The summed E-state index contributed by atoms with van der Waals surface area (Å²) in [6.45, 7) is 1.97. The zero-order valence-corrected chi connectivity index (χ0v) is 7.93. The van der Waals surface area contributed by atoms with Crippen LogP contribution in [0.5, 0.6) is 0 Å². The molecule has 0 atom stereocenters. The van der Waals surface area contributed by atoms with Crippen LogP contribution in [-0.2, 0) is 4.74 Å². The third-order valence-electron chi connectivity index (χ3n) is 1.62. The first kappa shape index (κ1) is 9.38. The van der Waals surface area contributed by atoms with Crippen molar-refractivity contribution in [1.29, 1.82) is 0 Å². The van der Waals surface area contributed by atoms with Crippen LogP contribution in [0.2, 0.25) is 0 Å². The largest absolute Gasteiger partial charge is 0.460 e. The minimum atomic E-state index is -0.605. The molecule has 0 radical (unpaired) electrons. The van der Waals surface area contributed by atoms with Crippen molar-refractivity contribution < 1.29 is 14.1 Å². The fourth-order valence-electron chi connectivity index (χ4n) is 0.986. The van der Waals surface area contributed by atoms with Gasteiger partial charge in [0.2, 0.25) is 0 Å². The highest BCUT2D eigenvalue weighted by Crippen LogP contribution is 2.12. The third-order valence-corrected chi connectivity index (χ3v) is 1.62. The first-order valence-electron chi connectivity index (χ1n) is 4.32. The second kappa shape index (κ2) is 3.91. The molecule has 15 heavy (non-hydrogen) atoms. The minimum Gasteiger partial charge on any atom is -0.460 e. The molecular weight excluding hydrogens is 200 g/mol. The SMILES string of the molecule is CCOC(=O)c1noc(-c2ccn[nH]2)n1. The average Bonchev–Trinajstić information content (AvgIpc) is 2.89. The molecule has 2 heterocycles. The number of aromatic nitrogens is 4. The van der Waals surface area contributed by atoms with Crippen molar-refractivity contribution in [2.45, 2.75) is 6.92 Å². The average molecular weight is 208 g/mol. The summed E-state index contributed by atoms with van der Waals surface area (Å²) in [7, 11) is 0. The molecule has 0 bridgehead atoms. The highest BCUT2D eigenvalue weighted by Gasteiger charge is 2.16. The Morgan fingerprint density at radius 1 is 1.67 bits per heavy atom. The fourth-order valence-corrected chi connectivity index (χ4v) is 0.986. The van der Waals surface area contributed by atoms with Crippen molar-refractivity contribution in [3.63, 3.8) is 0 Å². The quantitative estimate of drug-likeness (QED) is 0.743. The summed E-state index contributed by atoms with van der Waals surface area (Å²) in [5, 5.41) is 9.84. The van der Waals surface area contributed by atoms with Gasteiger partial charge < -0.3 is 9.26 Å². The number of hydrogen-bond donors (Lipinski definition) is 1. The number of ether oxygens (including phenoxy) is 1. The number of nitrogens with zero attached hydrogens (tertiary/aromatic N) is 3. The lowest BCUT2D eigenvalue weighted by Crippen LogP contribution is -2.06. The van der Waals surface area contributed by atoms with Crippen LogP contribution in [0.25, 0.3) is 11.6 Å². The predicted molar refractivity (Wildman–Crippen MR) is 47.8 cm³/mol. The Morgan fingerprint density at radius 2 is 2.53 bits per heavy atom. The summed E-state index contributed by atoms with van der Waals surface area (Å²) in [5.41, 5.74) is 0.554. The highest BCUT2D eigenvalue weighted by molar-refractivity contribution is 5.85. The zero-order valence-electron chi connectivity index (χ0n) is 7.93. The van der Waals surface area contributed by atoms with Gasteiger partial charge in [0, 0.05) is 6.20 Å². The number of aromatic amines is 1. The molecular formula is C8H8N4O3. The second-order valence-corrected chi connectivity index (χ2v) is 2.61. The van der Waals surface area contributed by atoms with E-state index < -0.39 is 5.97 Å². The molecule has 0 saturated carbocycles. The van der Waals surface area contributed by atoms with Crippen molar-refractivity contribution in [2.24, 2.45) is 0 Å². The molecule has 7 heteroatoms. The van der Waals surface area contributed by atoms with Gasteiger partial charge in [-0.05, 0) is 18.1 Å². The molecule has 0 aliphatic carbocycles. The van der Waals surface area contributed by atoms with E-state index in [1.165, 1.54) is 0 Å². The molecule has 0 fully saturated rings. The summed E-state index contributed by atoms with van der Waals surface area (Å²) in [6, 6.07) is 1.66. The summed E-state index contributed by atoms with van der Waals surface area (Å²) in [4.78, 5) is 15.0. The number of nitrogens with one attached hydrogen (secondary N) is 1. The molecule has 2 rings (SSSR count). The van der Waals surface area contributed by atoms with Crippen LogP contribution in [0, 0.1) is 0 Å². The van der Waals surface area contributed by atoms with Crippen LogP contribution in [-0.4, -0.2) is 32.9 Å². The Hall–Kier alpha value is -2.18. The van der Waals surface area contributed by atoms with Crippen molar-refractivity contribution in [3.8, 4) is 11.6 Å². The minimum absolute atomic E-state index is 0.0959. The van der Waals surface area contributed by atoms with Crippen molar-refractivity contribution >= 4 is 5.97 Å². The Kier molecular flexibility index (Phi) is 2.44. The van der Waals surface area contributed by atoms with Gasteiger partial charge in [0.05, 0.1) is 6.61 Å². The lowest BCUT2D eigenvalue weighted by molar-refractivity contribution is 0.0508. The highest BCUT2D eigenvalue weighted by atomic mass is 16.5. The molecule has 0 aromatic carbocycles. The molecule has 1 N–H and O–H groups in total. The van der Waals surface area contributed by atoms with E-state index in [2.05, 4.69) is 20.3 Å². The van der Waals surface area contributed by atoms with E-state index in [-0.39, 0.29) is 18.3 Å². The van der Waals surface area contributed by atoms with Gasteiger partial charge in [-0.25, -0.2) is 4.79 Å². The predicted octanol–water partition coefficient (Wildman–Crippen LogP) is 0.636. The van der Waals surface area contributed by atoms with Gasteiger partial charge in [-0.3, -0.25) is 5.10 Å². The van der Waals surface area contributed by atoms with Gasteiger partial charge >= 0.3 is 5.97 Å². The molecule has 7 nitrogen and oxygen atoms in total. The number of hydrogen-bond acceptors (Lipinski definition) is 6. The van der Waals surface area contributed by atoms with E-state index >= 15 is 0 Å². The van der Waals surface area contributed by atoms with Crippen LogP contribution in [0.1, 0.15) is 17.5 Å². The first-order valence-corrected chi connectivity index (χ1v) is 4.32. The van der Waals surface area contributed by atoms with Crippen molar-refractivity contribution in [2.75, 3.05) is 6.61 Å². The Labute approximate surface area is 84.4 Å². The van der Waals surface area contributed by atoms with Crippen LogP contribution in [0.4, 0.5) is 0 Å². The van der Waals surface area contributed by atoms with Gasteiger partial charge in [0.15, 0.2) is 0 Å². The zero-order chi connectivity index (χ0) is 10.7. The number of esters is 1. The lowest BCUT2D eigenvalue weighted by atomic mass is 10.4. The smallest absolute Gasteiger partial charge is 0.379 e. The van der Waals surface area contributed by atoms with Gasteiger partial charge in [0.1, 0.15) is 5.69 Å². The lowest BCUT2D eigenvalue weighted by Gasteiger charge is -1.93. The van der Waals surface area contributed by atoms with Crippen LogP contribution in [0.15, 0.2) is 16.8 Å². The number of rotatable bonds is 3. The topological polar surface area (TPSA) is 93.9 Å². The van der Waals surface area contributed by atoms with Gasteiger partial charge in [0.25, 0.3) is 11.7 Å². The number of H-pyrrole nitrogens is 1. The summed E-state index contributed by atoms with van der Waals surface area (Å²) in [5.74, 6) is -0.496. The monoisotopic (exact) mass is 208 g/mol. The Bertz CT molecular complexity index is 448. The van der Waals surface area contributed by atoms with Gasteiger partial charge in [-0.15, -0.1) is 0 Å². The number of carbonyl (C=O) groups is 1. The molecule has 0 saturated heterocycles. The van der Waals surface area contributed by atoms with E-state index in [9.17, 15) is 4.79 Å². The van der Waals surface area contributed by atoms with E-state index in [0.717, 1.165) is 0 Å². The van der Waals surface area contributed by atoms with Gasteiger partial charge in [-0.1, -0.05) is 0 Å². The van der Waals surface area contributed by atoms with Crippen molar-refractivity contribution in [3.05, 3.63) is 18.1 Å². The molecule has 0 spiro atoms. The normalized spacial score (nSPS) is 10.2. The van der Waals surface area contributed by atoms with Crippen LogP contribution >= 0.6 is 0 Å². The summed E-state index contributed by atoms with van der Waals surface area (Å²) >= 11 is 0. The van der Waals surface area contributed by atoms with E-state index in [4.69, 9.17) is 9.26 Å². The Morgan fingerprint density at radius 3 is 3.20 bits per heavy atom. The first-order chi connectivity index (χ1) is 7.31. The molecule has 0 unspecified atom stereocenters. The van der Waals surface area contributed by atoms with E-state index in [1.54, 1.807) is 19.2 Å². The van der Waals surface area contributed by atoms with E-state index in [1.807, 2.05) is 0 Å². The third kappa shape index (κ3) is 1.85. The van der Waals surface area contributed by atoms with Gasteiger partial charge in [-0.2, -0.15) is 10.1 Å². The van der Waals surface area contributed by atoms with Crippen LogP contribution < -0.4 is 0 Å². The molecule has 2 aromatic rings. The number of carbonyl (C=O) groups excluding carboxylic acids is 1. The Balaban J connectivity index is 2.21. The molecule has 0 amide bonds. The molecule has 78 valence electrons. The maximum Gasteiger partial charge on any atom is 0.379 e. The maximum atomic E-state index is 11.2. The van der Waals surface area contributed by atoms with E-state index in [0.29, 0.717) is 5.69 Å². The fraction of sp³-hybridized carbons (Fsp3) is 0.250. The van der Waals surface area contributed by atoms with Crippen molar-refractivity contribution in [1.82, 2.24) is 20.3 Å². The summed E-state index contributed by atoms with van der Waals surface area (Å²) < 4.78 is 9.55. The second-order valence-electron chi connectivity index (χ2n) is 2.61. The molecule has 0 aliphatic rings. The standard InChI is InChI=1S/C8H8N4O3/c1-2-14-8(13)6-10-7(15-12-6)5-3-4-9-11-5/h3-4H,2H2,1H3,(H,9,11). The maximum absolute atomic E-state index is 11.2. The molecule has 2 aromatic heterocycles. The summed E-state index contributed by atoms with van der Waals surface area (Å²) in [6.07, 6.45) is 1.55.